The molecule has 34 heavy (non-hydrogen) atoms. The maximum atomic E-state index is 12.8. The average Bonchev–Trinajstić information content (AvgIpc) is 3.16. The molecule has 0 fully saturated rings. The lowest BCUT2D eigenvalue weighted by Crippen LogP contribution is -2.32. The summed E-state index contributed by atoms with van der Waals surface area (Å²) in [6.07, 6.45) is -1.03. The van der Waals surface area contributed by atoms with Gasteiger partial charge in [-0.1, -0.05) is 60.7 Å². The molecular formula is C27H27NO6. The number of methoxy groups -OCH3 is 1. The van der Waals surface area contributed by atoms with Crippen LogP contribution in [-0.4, -0.2) is 37.5 Å². The van der Waals surface area contributed by atoms with E-state index < -0.39 is 18.1 Å². The smallest absolute Gasteiger partial charge is 0.407 e. The van der Waals surface area contributed by atoms with E-state index in [9.17, 15) is 14.7 Å². The fourth-order valence-electron chi connectivity index (χ4n) is 4.46. The summed E-state index contributed by atoms with van der Waals surface area (Å²) in [4.78, 5) is 24.4. The molecule has 0 saturated heterocycles. The molecule has 4 rings (SSSR count). The first kappa shape index (κ1) is 23.2. The standard InChI is InChI=1S/C27H27NO6/c1-3-33-26-21(13-8-14-24(26)32-2)23(15-25(29)30)28-27(31)34-16-22-19-11-6-4-9-17(19)18-10-5-7-12-20(18)22/h4-14,22-23H,3,15-16H2,1-2H3,(H,28,31)(H,29,30). The number of carboxylic acids is 1. The number of carbonyl (C=O) groups excluding carboxylic acids is 1. The second kappa shape index (κ2) is 10.3. The first-order valence-electron chi connectivity index (χ1n) is 11.2. The van der Waals surface area contributed by atoms with Crippen molar-refractivity contribution in [1.29, 1.82) is 0 Å². The zero-order chi connectivity index (χ0) is 24.1. The Morgan fingerprint density at radius 3 is 2.21 bits per heavy atom. The van der Waals surface area contributed by atoms with Gasteiger partial charge >= 0.3 is 12.1 Å². The van der Waals surface area contributed by atoms with Crippen LogP contribution < -0.4 is 14.8 Å². The van der Waals surface area contributed by atoms with Gasteiger partial charge in [0.15, 0.2) is 11.5 Å². The third-order valence-corrected chi connectivity index (χ3v) is 5.91. The lowest BCUT2D eigenvalue weighted by molar-refractivity contribution is -0.137. The van der Waals surface area contributed by atoms with Crippen LogP contribution in [0.5, 0.6) is 11.5 Å². The zero-order valence-electron chi connectivity index (χ0n) is 19.1. The Labute approximate surface area is 198 Å². The normalized spacial score (nSPS) is 12.9. The number of alkyl carbamates (subject to hydrolysis) is 1. The molecule has 0 heterocycles. The summed E-state index contributed by atoms with van der Waals surface area (Å²) < 4.78 is 16.7. The highest BCUT2D eigenvalue weighted by atomic mass is 16.5. The van der Waals surface area contributed by atoms with Gasteiger partial charge in [-0.2, -0.15) is 0 Å². The van der Waals surface area contributed by atoms with Crippen molar-refractivity contribution >= 4 is 12.1 Å². The van der Waals surface area contributed by atoms with Crippen molar-refractivity contribution in [3.63, 3.8) is 0 Å². The molecule has 3 aromatic rings. The van der Waals surface area contributed by atoms with Crippen LogP contribution in [0.2, 0.25) is 0 Å². The van der Waals surface area contributed by atoms with Gasteiger partial charge in [-0.25, -0.2) is 4.79 Å². The quantitative estimate of drug-likeness (QED) is 0.458. The van der Waals surface area contributed by atoms with Crippen molar-refractivity contribution in [3.8, 4) is 22.6 Å². The second-order valence-electron chi connectivity index (χ2n) is 7.93. The number of nitrogens with one attached hydrogen (secondary N) is 1. The van der Waals surface area contributed by atoms with E-state index in [0.717, 1.165) is 22.3 Å². The minimum atomic E-state index is -1.06. The van der Waals surface area contributed by atoms with Crippen molar-refractivity contribution in [3.05, 3.63) is 83.4 Å². The Balaban J connectivity index is 1.53. The second-order valence-corrected chi connectivity index (χ2v) is 7.93. The molecule has 0 radical (unpaired) electrons. The topological polar surface area (TPSA) is 94.1 Å². The number of fused-ring (bicyclic) bond motifs is 3. The SMILES string of the molecule is CCOc1c(OC)cccc1C(CC(=O)O)NC(=O)OCC1c2ccccc2-c2ccccc21. The number of carbonyl (C=O) groups is 2. The van der Waals surface area contributed by atoms with Crippen molar-refractivity contribution in [1.82, 2.24) is 5.32 Å². The molecule has 0 aromatic heterocycles. The summed E-state index contributed by atoms with van der Waals surface area (Å²) >= 11 is 0. The van der Waals surface area contributed by atoms with Crippen LogP contribution in [0.4, 0.5) is 4.79 Å². The number of amides is 1. The first-order valence-corrected chi connectivity index (χ1v) is 11.2. The van der Waals surface area contributed by atoms with Gasteiger partial charge in [0.2, 0.25) is 0 Å². The van der Waals surface area contributed by atoms with Crippen molar-refractivity contribution in [2.24, 2.45) is 0 Å². The third kappa shape index (κ3) is 4.69. The number of para-hydroxylation sites is 1. The van der Waals surface area contributed by atoms with Gasteiger partial charge in [0.25, 0.3) is 0 Å². The number of ether oxygens (including phenoxy) is 3. The molecule has 176 valence electrons. The van der Waals surface area contributed by atoms with Crippen molar-refractivity contribution in [2.75, 3.05) is 20.3 Å². The molecule has 1 aliphatic rings. The lowest BCUT2D eigenvalue weighted by Gasteiger charge is -2.22. The molecule has 1 aliphatic carbocycles. The summed E-state index contributed by atoms with van der Waals surface area (Å²) in [5, 5.41) is 12.2. The fraction of sp³-hybridized carbons (Fsp3) is 0.259. The average molecular weight is 462 g/mol. The lowest BCUT2D eigenvalue weighted by atomic mass is 9.98. The summed E-state index contributed by atoms with van der Waals surface area (Å²) in [6.45, 7) is 2.32. The van der Waals surface area contributed by atoms with Crippen LogP contribution in [-0.2, 0) is 9.53 Å². The number of aliphatic carboxylic acids is 1. The van der Waals surface area contributed by atoms with E-state index in [1.165, 1.54) is 7.11 Å². The molecule has 1 amide bonds. The van der Waals surface area contributed by atoms with E-state index in [1.807, 2.05) is 43.3 Å². The third-order valence-electron chi connectivity index (χ3n) is 5.91. The molecule has 1 unspecified atom stereocenters. The van der Waals surface area contributed by atoms with Crippen molar-refractivity contribution < 1.29 is 28.9 Å². The molecule has 7 heteroatoms. The predicted molar refractivity (Wildman–Crippen MR) is 127 cm³/mol. The van der Waals surface area contributed by atoms with Gasteiger partial charge in [0, 0.05) is 11.5 Å². The number of rotatable bonds is 9. The molecule has 0 saturated carbocycles. The van der Waals surface area contributed by atoms with Crippen LogP contribution >= 0.6 is 0 Å². The Kier molecular flexibility index (Phi) is 7.01. The number of benzene rings is 3. The molecule has 7 nitrogen and oxygen atoms in total. The van der Waals surface area contributed by atoms with Crippen molar-refractivity contribution in [2.45, 2.75) is 25.3 Å². The summed E-state index contributed by atoms with van der Waals surface area (Å²) in [5.41, 5.74) is 4.98. The Morgan fingerprint density at radius 1 is 0.971 bits per heavy atom. The molecule has 0 bridgehead atoms. The van der Waals surface area contributed by atoms with Gasteiger partial charge in [-0.05, 0) is 35.2 Å². The largest absolute Gasteiger partial charge is 0.493 e. The van der Waals surface area contributed by atoms with E-state index in [0.29, 0.717) is 23.7 Å². The van der Waals surface area contributed by atoms with Gasteiger partial charge in [0.05, 0.1) is 26.2 Å². The van der Waals surface area contributed by atoms with Crippen LogP contribution in [0.15, 0.2) is 66.7 Å². The molecule has 1 atom stereocenters. The molecule has 3 aromatic carbocycles. The Hall–Kier alpha value is -4.00. The maximum Gasteiger partial charge on any atom is 0.407 e. The number of hydrogen-bond donors (Lipinski definition) is 2. The minimum Gasteiger partial charge on any atom is -0.493 e. The highest BCUT2D eigenvalue weighted by Crippen LogP contribution is 2.44. The highest BCUT2D eigenvalue weighted by Gasteiger charge is 2.30. The summed E-state index contributed by atoms with van der Waals surface area (Å²) in [6, 6.07) is 20.4. The molecular weight excluding hydrogens is 434 g/mol. The zero-order valence-corrected chi connectivity index (χ0v) is 19.1. The van der Waals surface area contributed by atoms with E-state index in [4.69, 9.17) is 14.2 Å². The maximum absolute atomic E-state index is 12.8. The summed E-state index contributed by atoms with van der Waals surface area (Å²) in [7, 11) is 1.51. The fourth-order valence-corrected chi connectivity index (χ4v) is 4.46. The minimum absolute atomic E-state index is 0.0909. The van der Waals surface area contributed by atoms with E-state index >= 15 is 0 Å². The van der Waals surface area contributed by atoms with Gasteiger partial charge in [0.1, 0.15) is 6.61 Å². The van der Waals surface area contributed by atoms with E-state index in [1.54, 1.807) is 18.2 Å². The monoisotopic (exact) mass is 461 g/mol. The highest BCUT2D eigenvalue weighted by molar-refractivity contribution is 5.79. The number of carboxylic acid groups (broad SMARTS) is 1. The van der Waals surface area contributed by atoms with Gasteiger partial charge in [-0.3, -0.25) is 4.79 Å². The molecule has 2 N–H and O–H groups in total. The number of hydrogen-bond acceptors (Lipinski definition) is 5. The Morgan fingerprint density at radius 2 is 1.62 bits per heavy atom. The Bertz CT molecular complexity index is 1150. The first-order chi connectivity index (χ1) is 16.5. The van der Waals surface area contributed by atoms with Crippen LogP contribution in [0, 0.1) is 0 Å². The van der Waals surface area contributed by atoms with Gasteiger partial charge < -0.3 is 24.6 Å². The van der Waals surface area contributed by atoms with E-state index in [-0.39, 0.29) is 18.9 Å². The molecule has 0 spiro atoms. The van der Waals surface area contributed by atoms with Crippen LogP contribution in [0.3, 0.4) is 0 Å². The summed E-state index contributed by atoms with van der Waals surface area (Å²) in [5.74, 6) is -0.289. The predicted octanol–water partition coefficient (Wildman–Crippen LogP) is 5.15. The van der Waals surface area contributed by atoms with Crippen LogP contribution in [0.1, 0.15) is 42.0 Å². The molecule has 0 aliphatic heterocycles. The van der Waals surface area contributed by atoms with Gasteiger partial charge in [-0.15, -0.1) is 0 Å². The van der Waals surface area contributed by atoms with E-state index in [2.05, 4.69) is 17.4 Å². The van der Waals surface area contributed by atoms with Crippen LogP contribution in [0.25, 0.3) is 11.1 Å².